The highest BCUT2D eigenvalue weighted by molar-refractivity contribution is 5.92. The third kappa shape index (κ3) is 4.79. The summed E-state index contributed by atoms with van der Waals surface area (Å²) >= 11 is 0. The van der Waals surface area contributed by atoms with Crippen molar-refractivity contribution in [1.29, 1.82) is 0 Å². The molecule has 0 bridgehead atoms. The zero-order chi connectivity index (χ0) is 15.8. The minimum atomic E-state index is -0.328. The van der Waals surface area contributed by atoms with Crippen LogP contribution in [0.3, 0.4) is 0 Å². The van der Waals surface area contributed by atoms with Gasteiger partial charge in [0.05, 0.1) is 13.3 Å². The second-order valence-electron chi connectivity index (χ2n) is 4.43. The maximum atomic E-state index is 11.6. The fourth-order valence-corrected chi connectivity index (χ4v) is 1.66. The quantitative estimate of drug-likeness (QED) is 0.506. The molecular formula is C17H16N2O3. The number of nitrogens with one attached hydrogen (secondary N) is 1. The van der Waals surface area contributed by atoms with Gasteiger partial charge in [0.25, 0.3) is 5.91 Å². The maximum absolute atomic E-state index is 11.6. The maximum Gasteiger partial charge on any atom is 0.264 e. The number of carbonyl (C=O) groups excluding carboxylic acids is 1. The van der Waals surface area contributed by atoms with Crippen LogP contribution in [0.15, 0.2) is 59.7 Å². The van der Waals surface area contributed by atoms with Crippen molar-refractivity contribution in [3.63, 3.8) is 0 Å². The molecule has 2 aromatic carbocycles. The summed E-state index contributed by atoms with van der Waals surface area (Å²) in [4.78, 5) is 11.6. The van der Waals surface area contributed by atoms with Crippen molar-refractivity contribution in [2.45, 2.75) is 0 Å². The molecule has 2 aromatic rings. The van der Waals surface area contributed by atoms with Crippen LogP contribution in [0.25, 0.3) is 6.08 Å². The molecule has 0 aliphatic carbocycles. The predicted octanol–water partition coefficient (Wildman–Crippen LogP) is 2.56. The van der Waals surface area contributed by atoms with Crippen molar-refractivity contribution in [3.8, 4) is 11.5 Å². The molecule has 0 aliphatic rings. The van der Waals surface area contributed by atoms with Gasteiger partial charge in [-0.3, -0.25) is 4.79 Å². The first kappa shape index (κ1) is 15.3. The van der Waals surface area contributed by atoms with Gasteiger partial charge in [0.15, 0.2) is 0 Å². The lowest BCUT2D eigenvalue weighted by Gasteiger charge is -1.99. The van der Waals surface area contributed by atoms with Gasteiger partial charge in [-0.25, -0.2) is 5.43 Å². The minimum absolute atomic E-state index is 0.184. The van der Waals surface area contributed by atoms with Gasteiger partial charge in [-0.1, -0.05) is 12.1 Å². The highest BCUT2D eigenvalue weighted by Crippen LogP contribution is 2.12. The minimum Gasteiger partial charge on any atom is -0.508 e. The molecule has 0 fully saturated rings. The van der Waals surface area contributed by atoms with Gasteiger partial charge >= 0.3 is 0 Å². The van der Waals surface area contributed by atoms with Crippen molar-refractivity contribution in [2.75, 3.05) is 7.11 Å². The van der Waals surface area contributed by atoms with E-state index in [9.17, 15) is 4.79 Å². The fraction of sp³-hybridized carbons (Fsp3) is 0.0588. The summed E-state index contributed by atoms with van der Waals surface area (Å²) in [5.41, 5.74) is 4.06. The number of carbonyl (C=O) groups is 1. The summed E-state index contributed by atoms with van der Waals surface area (Å²) in [6.07, 6.45) is 4.58. The number of phenols is 1. The average Bonchev–Trinajstić information content (AvgIpc) is 2.55. The van der Waals surface area contributed by atoms with Crippen molar-refractivity contribution < 1.29 is 14.6 Å². The number of hydrogen-bond donors (Lipinski definition) is 2. The van der Waals surface area contributed by atoms with E-state index >= 15 is 0 Å². The van der Waals surface area contributed by atoms with Gasteiger partial charge in [0.2, 0.25) is 0 Å². The second-order valence-corrected chi connectivity index (χ2v) is 4.43. The summed E-state index contributed by atoms with van der Waals surface area (Å²) in [6, 6.07) is 13.8. The molecule has 112 valence electrons. The Balaban J connectivity index is 1.86. The lowest BCUT2D eigenvalue weighted by molar-refractivity contribution is -0.116. The Morgan fingerprint density at radius 1 is 1.09 bits per heavy atom. The Hall–Kier alpha value is -3.08. The highest BCUT2D eigenvalue weighted by Gasteiger charge is 1.94. The Kier molecular flexibility index (Phi) is 5.31. The van der Waals surface area contributed by atoms with Crippen LogP contribution in [0.5, 0.6) is 11.5 Å². The molecule has 5 nitrogen and oxygen atoms in total. The largest absolute Gasteiger partial charge is 0.508 e. The average molecular weight is 296 g/mol. The molecule has 0 saturated carbocycles. The lowest BCUT2D eigenvalue weighted by atomic mass is 10.2. The third-order valence-corrected chi connectivity index (χ3v) is 2.82. The molecule has 2 rings (SSSR count). The second kappa shape index (κ2) is 7.64. The molecular weight excluding hydrogens is 280 g/mol. The molecule has 5 heteroatoms. The van der Waals surface area contributed by atoms with Gasteiger partial charge in [0.1, 0.15) is 11.5 Å². The zero-order valence-corrected chi connectivity index (χ0v) is 12.1. The van der Waals surface area contributed by atoms with E-state index in [1.165, 1.54) is 12.3 Å². The summed E-state index contributed by atoms with van der Waals surface area (Å²) in [5, 5.41) is 13.0. The van der Waals surface area contributed by atoms with E-state index in [1.807, 2.05) is 24.3 Å². The van der Waals surface area contributed by atoms with Crippen LogP contribution < -0.4 is 10.2 Å². The molecule has 22 heavy (non-hydrogen) atoms. The van der Waals surface area contributed by atoms with Crippen LogP contribution in [0, 0.1) is 0 Å². The third-order valence-electron chi connectivity index (χ3n) is 2.82. The Labute approximate surface area is 128 Å². The number of nitrogens with zero attached hydrogens (tertiary/aromatic N) is 1. The zero-order valence-electron chi connectivity index (χ0n) is 12.1. The number of benzene rings is 2. The van der Waals surface area contributed by atoms with Crippen LogP contribution in [-0.2, 0) is 4.79 Å². The number of hydrazone groups is 1. The van der Waals surface area contributed by atoms with E-state index in [-0.39, 0.29) is 11.7 Å². The molecule has 0 radical (unpaired) electrons. The molecule has 0 saturated heterocycles. The summed E-state index contributed by atoms with van der Waals surface area (Å²) < 4.78 is 5.06. The van der Waals surface area contributed by atoms with Gasteiger partial charge in [0, 0.05) is 6.08 Å². The van der Waals surface area contributed by atoms with E-state index in [1.54, 1.807) is 37.5 Å². The van der Waals surface area contributed by atoms with Gasteiger partial charge in [-0.2, -0.15) is 5.10 Å². The smallest absolute Gasteiger partial charge is 0.264 e. The first-order chi connectivity index (χ1) is 10.7. The first-order valence-electron chi connectivity index (χ1n) is 6.61. The molecule has 0 unspecified atom stereocenters. The number of amides is 1. The highest BCUT2D eigenvalue weighted by atomic mass is 16.5. The first-order valence-corrected chi connectivity index (χ1v) is 6.61. The van der Waals surface area contributed by atoms with Crippen LogP contribution >= 0.6 is 0 Å². The standard InChI is InChI=1S/C17H16N2O3/c1-22-16-9-4-13(5-10-16)6-11-17(21)19-18-12-14-2-7-15(20)8-3-14/h2-12,20H,1H3,(H,19,21)/b11-6+,18-12+. The molecule has 1 amide bonds. The molecule has 0 atom stereocenters. The Bertz CT molecular complexity index is 674. The van der Waals surface area contributed by atoms with E-state index in [0.717, 1.165) is 16.9 Å². The van der Waals surface area contributed by atoms with Crippen molar-refractivity contribution >= 4 is 18.2 Å². The van der Waals surface area contributed by atoms with Crippen molar-refractivity contribution in [3.05, 3.63) is 65.7 Å². The number of aromatic hydroxyl groups is 1. The number of methoxy groups -OCH3 is 1. The van der Waals surface area contributed by atoms with Gasteiger partial charge in [-0.15, -0.1) is 0 Å². The lowest BCUT2D eigenvalue weighted by Crippen LogP contribution is -2.14. The van der Waals surface area contributed by atoms with Crippen molar-refractivity contribution in [2.24, 2.45) is 5.10 Å². The number of ether oxygens (including phenoxy) is 1. The summed E-state index contributed by atoms with van der Waals surface area (Å²) in [7, 11) is 1.60. The van der Waals surface area contributed by atoms with Gasteiger partial charge < -0.3 is 9.84 Å². The van der Waals surface area contributed by atoms with E-state index in [0.29, 0.717) is 0 Å². The monoisotopic (exact) mass is 296 g/mol. The molecule has 0 aromatic heterocycles. The number of rotatable bonds is 5. The molecule has 0 spiro atoms. The molecule has 0 heterocycles. The normalized spacial score (nSPS) is 11.0. The SMILES string of the molecule is COc1ccc(/C=C/C(=O)N/N=C/c2ccc(O)cc2)cc1. The van der Waals surface area contributed by atoms with Crippen LogP contribution in [-0.4, -0.2) is 24.3 Å². The topological polar surface area (TPSA) is 70.9 Å². The van der Waals surface area contributed by atoms with E-state index in [4.69, 9.17) is 9.84 Å². The van der Waals surface area contributed by atoms with E-state index in [2.05, 4.69) is 10.5 Å². The number of phenolic OH excluding ortho intramolecular Hbond substituents is 1. The number of hydrogen-bond acceptors (Lipinski definition) is 4. The van der Waals surface area contributed by atoms with Crippen LogP contribution in [0.4, 0.5) is 0 Å². The van der Waals surface area contributed by atoms with Crippen LogP contribution in [0.1, 0.15) is 11.1 Å². The summed E-state index contributed by atoms with van der Waals surface area (Å²) in [5.74, 6) is 0.620. The Morgan fingerprint density at radius 3 is 2.36 bits per heavy atom. The van der Waals surface area contributed by atoms with E-state index < -0.39 is 0 Å². The summed E-state index contributed by atoms with van der Waals surface area (Å²) in [6.45, 7) is 0. The predicted molar refractivity (Wildman–Crippen MR) is 85.9 cm³/mol. The fourth-order valence-electron chi connectivity index (χ4n) is 1.66. The molecule has 2 N–H and O–H groups in total. The Morgan fingerprint density at radius 2 is 1.73 bits per heavy atom. The van der Waals surface area contributed by atoms with Crippen LogP contribution in [0.2, 0.25) is 0 Å². The van der Waals surface area contributed by atoms with Gasteiger partial charge in [-0.05, 0) is 53.6 Å². The van der Waals surface area contributed by atoms with Crippen molar-refractivity contribution in [1.82, 2.24) is 5.43 Å². The molecule has 0 aliphatic heterocycles.